The quantitative estimate of drug-likeness (QED) is 0.0483. The smallest absolute Gasteiger partial charge is 0.267 e. The van der Waals surface area contributed by atoms with Gasteiger partial charge in [-0.25, -0.2) is 68.9 Å². The second-order valence-corrected chi connectivity index (χ2v) is 39.5. The van der Waals surface area contributed by atoms with Gasteiger partial charge in [-0.2, -0.15) is 0 Å². The average molecular weight is 1740 g/mol. The highest BCUT2D eigenvalue weighted by Gasteiger charge is 2.27. The summed E-state index contributed by atoms with van der Waals surface area (Å²) < 4.78 is 85.6. The molecular weight excluding hydrogens is 1670 g/mol. The number of pyridine rings is 3. The van der Waals surface area contributed by atoms with Gasteiger partial charge in [-0.05, 0) is 167 Å². The van der Waals surface area contributed by atoms with Crippen molar-refractivity contribution in [2.24, 2.45) is 4.99 Å². The predicted molar refractivity (Wildman–Crippen MR) is 454 cm³/mol. The number of halogens is 3. The predicted octanol–water partition coefficient (Wildman–Crippen LogP) is 10.1. The Hall–Kier alpha value is -9.69. The van der Waals surface area contributed by atoms with Gasteiger partial charge in [0.1, 0.15) is 70.6 Å². The number of ketones is 3. The zero-order chi connectivity index (χ0) is 82.2. The molecule has 0 radical (unpaired) electrons. The first-order valence-corrected chi connectivity index (χ1v) is 45.3. The van der Waals surface area contributed by atoms with Crippen LogP contribution in [0.15, 0.2) is 178 Å². The van der Waals surface area contributed by atoms with Gasteiger partial charge in [-0.3, -0.25) is 38.7 Å². The molecule has 0 unspecified atom stereocenters. The SMILES string of the molecule is Cc1nc2cc(C3=NCCN3C)ccc2c(=O)n1-c1ccc(CC(=O)CS(=O)(=O)c2ccc(Cl)s2)cn1.Cc1nc2cc(NCCN3CCCC3)ccc2c(=O)n1-c1ccc(CC(=O)CS(=O)(=O)c2ccc(Cl)s2)cn1.Cc1nc2cc(NCCN3CCOCC3)ccc2c(=O)n1-c1ccc(CC(=O)CS(=O)(=O)c2ccc(Cl)s2)cn1. The summed E-state index contributed by atoms with van der Waals surface area (Å²) in [6.45, 7) is 16.0. The van der Waals surface area contributed by atoms with Crippen LogP contribution < -0.4 is 27.3 Å². The first kappa shape index (κ1) is 84.2. The second kappa shape index (κ2) is 36.9. The molecule has 3 aliphatic heterocycles. The van der Waals surface area contributed by atoms with Crippen molar-refractivity contribution in [3.63, 3.8) is 0 Å². The maximum atomic E-state index is 13.4. The van der Waals surface area contributed by atoms with E-state index in [1.807, 2.05) is 43.4 Å². The number of aliphatic imine (C=N–C) groups is 1. The lowest BCUT2D eigenvalue weighted by molar-refractivity contribution is -0.116. The number of aromatic nitrogens is 9. The van der Waals surface area contributed by atoms with E-state index in [2.05, 4.69) is 60.2 Å². The highest BCUT2D eigenvalue weighted by Crippen LogP contribution is 2.31. The molecule has 116 heavy (non-hydrogen) atoms. The van der Waals surface area contributed by atoms with Crippen LogP contribution in [0.25, 0.3) is 50.2 Å². The maximum Gasteiger partial charge on any atom is 0.267 e. The molecule has 2 saturated heterocycles. The number of sulfone groups is 3. The van der Waals surface area contributed by atoms with Gasteiger partial charge in [0.15, 0.2) is 46.9 Å². The number of aryl methyl sites for hydroxylation is 3. The molecule has 2 fully saturated rings. The first-order chi connectivity index (χ1) is 55.5. The van der Waals surface area contributed by atoms with E-state index >= 15 is 0 Å². The number of likely N-dealkylation sites (tertiary alicyclic amines) is 1. The summed E-state index contributed by atoms with van der Waals surface area (Å²) in [5.41, 5.74) is 5.38. The number of amidine groups is 1. The van der Waals surface area contributed by atoms with Gasteiger partial charge in [0, 0.05) is 108 Å². The van der Waals surface area contributed by atoms with Crippen LogP contribution >= 0.6 is 68.8 Å². The van der Waals surface area contributed by atoms with E-state index in [0.29, 0.717) is 97.3 Å². The third-order valence-electron chi connectivity index (χ3n) is 19.2. The Morgan fingerprint density at radius 2 is 0.819 bits per heavy atom. The number of morpholine rings is 1. The summed E-state index contributed by atoms with van der Waals surface area (Å²) in [7, 11) is -9.28. The molecule has 28 nitrogen and oxygen atoms in total. The van der Waals surface area contributed by atoms with Gasteiger partial charge in [-0.1, -0.05) is 59.1 Å². The van der Waals surface area contributed by atoms with Crippen molar-refractivity contribution >= 4 is 166 Å². The summed E-state index contributed by atoms with van der Waals surface area (Å²) in [6.07, 6.45) is 6.64. The number of hydrogen-bond acceptors (Lipinski definition) is 28. The van der Waals surface area contributed by atoms with E-state index in [-0.39, 0.29) is 48.6 Å². The van der Waals surface area contributed by atoms with Crippen LogP contribution in [0.4, 0.5) is 11.4 Å². The highest BCUT2D eigenvalue weighted by atomic mass is 35.5. The number of nitrogens with zero attached hydrogens (tertiary/aromatic N) is 13. The Bertz CT molecular complexity index is 6310. The minimum atomic E-state index is -3.76. The van der Waals surface area contributed by atoms with Crippen molar-refractivity contribution in [2.75, 3.05) is 114 Å². The van der Waals surface area contributed by atoms with Crippen LogP contribution in [0.1, 0.15) is 52.6 Å². The van der Waals surface area contributed by atoms with Gasteiger partial charge in [0.2, 0.25) is 0 Å². The normalized spacial score (nSPS) is 14.2. The number of hydrogen-bond donors (Lipinski definition) is 2. The van der Waals surface area contributed by atoms with Gasteiger partial charge in [0.05, 0.1) is 65.5 Å². The Kier molecular flexibility index (Phi) is 26.8. The molecule has 12 heterocycles. The van der Waals surface area contributed by atoms with Crippen molar-refractivity contribution in [1.29, 1.82) is 0 Å². The number of carbonyl (C=O) groups excluding carboxylic acids is 3. The number of anilines is 2. The Balaban J connectivity index is 0.000000151. The number of benzene rings is 3. The van der Waals surface area contributed by atoms with E-state index in [0.717, 1.165) is 135 Å². The molecular formula is C79H78Cl3N15O13S6. The third-order valence-corrected chi connectivity index (χ3v) is 29.6. The minimum absolute atomic E-state index is 0.0633. The van der Waals surface area contributed by atoms with Crippen molar-refractivity contribution in [3.8, 4) is 17.5 Å². The summed E-state index contributed by atoms with van der Waals surface area (Å²) in [5.74, 6) is 0.147. The number of carbonyl (C=O) groups is 3. The van der Waals surface area contributed by atoms with E-state index in [1.54, 1.807) is 75.4 Å². The average Bonchev–Trinajstić information content (AvgIpc) is 1.37. The van der Waals surface area contributed by atoms with Crippen molar-refractivity contribution < 1.29 is 44.4 Å². The number of fused-ring (bicyclic) bond motifs is 3. The Morgan fingerprint density at radius 3 is 1.16 bits per heavy atom. The van der Waals surface area contributed by atoms with Crippen LogP contribution in [0.2, 0.25) is 13.0 Å². The molecule has 0 atom stereocenters. The molecule has 0 aliphatic carbocycles. The minimum Gasteiger partial charge on any atom is -0.384 e. The lowest BCUT2D eigenvalue weighted by Gasteiger charge is -2.26. The molecule has 0 spiro atoms. The summed E-state index contributed by atoms with van der Waals surface area (Å²) in [5, 5.41) is 8.22. The zero-order valence-corrected chi connectivity index (χ0v) is 70.4. The van der Waals surface area contributed by atoms with E-state index in [4.69, 9.17) is 39.5 Å². The molecule has 2 N–H and O–H groups in total. The van der Waals surface area contributed by atoms with Crippen LogP contribution in [0.3, 0.4) is 0 Å². The molecule has 3 aromatic carbocycles. The van der Waals surface area contributed by atoms with Gasteiger partial charge >= 0.3 is 0 Å². The van der Waals surface area contributed by atoms with Crippen LogP contribution in [-0.4, -0.2) is 210 Å². The number of ether oxygens (including phenoxy) is 1. The fourth-order valence-corrected chi connectivity index (χ4v) is 21.9. The molecule has 9 aromatic heterocycles. The van der Waals surface area contributed by atoms with E-state index in [9.17, 15) is 54.0 Å². The van der Waals surface area contributed by atoms with Crippen molar-refractivity contribution in [1.82, 2.24) is 58.3 Å². The maximum absolute atomic E-state index is 13.4. The number of likely N-dealkylation sites (N-methyl/N-ethyl adjacent to an activating group) is 1. The Labute approximate surface area is 694 Å². The number of Topliss-reactive ketones (excluding diaryl/α,β-unsaturated/α-hetero) is 3. The van der Waals surface area contributed by atoms with Gasteiger partial charge < -0.3 is 25.2 Å². The number of rotatable bonds is 27. The molecule has 15 rings (SSSR count). The van der Waals surface area contributed by atoms with Gasteiger partial charge in [-0.15, -0.1) is 34.0 Å². The molecule has 12 aromatic rings. The zero-order valence-electron chi connectivity index (χ0n) is 63.2. The third kappa shape index (κ3) is 20.6. The Morgan fingerprint density at radius 1 is 0.457 bits per heavy atom. The number of nitrogens with one attached hydrogen (secondary N) is 2. The van der Waals surface area contributed by atoms with Gasteiger partial charge in [0.25, 0.3) is 16.7 Å². The van der Waals surface area contributed by atoms with E-state index in [1.165, 1.54) is 81.5 Å². The molecule has 0 bridgehead atoms. The molecule has 37 heteroatoms. The standard InChI is InChI=1S/C27H28ClN5O5S2.C27H28ClN5O4S2.C25H22ClN5O4S2/c1-18-31-23-15-20(29-8-9-32-10-12-38-13-11-32)3-4-22(23)27(35)33(18)25-6-2-19(16-30-25)14-21(34)17-40(36,37)26-7-5-24(28)39-26;1-18-31-23-15-20(29-10-13-32-11-2-3-12-32)5-6-22(23)27(35)33(18)25-8-4-19(16-30-25)14-21(34)17-39(36,37)26-9-7-24(28)38-26;1-15-29-20-12-17(24-27-9-10-30(24)2)4-5-19(20)25(33)31(15)22-7-3-16(13-28-22)11-18(32)14-37(34,35)23-8-6-21(26)36-23/h2-7,15-16,29H,8-14,17H2,1H3;4-9,15-16,29H,2-3,10-14,17H2,1H3;3-8,12-13H,9-11,14H2,1-2H3. The highest BCUT2D eigenvalue weighted by molar-refractivity contribution is 7.94. The molecule has 604 valence electrons. The molecule has 0 saturated carbocycles. The lowest BCUT2D eigenvalue weighted by atomic mass is 10.1. The first-order valence-electron chi connectivity index (χ1n) is 36.7. The van der Waals surface area contributed by atoms with E-state index < -0.39 is 64.1 Å². The van der Waals surface area contributed by atoms with Crippen molar-refractivity contribution in [3.05, 3.63) is 230 Å². The molecule has 0 amide bonds. The van der Waals surface area contributed by atoms with Crippen LogP contribution in [-0.2, 0) is 67.9 Å². The second-order valence-electron chi connectivity index (χ2n) is 27.8. The van der Waals surface area contributed by atoms with Crippen LogP contribution in [0.5, 0.6) is 0 Å². The largest absolute Gasteiger partial charge is 0.384 e. The lowest BCUT2D eigenvalue weighted by Crippen LogP contribution is -2.39. The summed E-state index contributed by atoms with van der Waals surface area (Å²) in [6, 6.07) is 35.0. The fourth-order valence-electron chi connectivity index (χ4n) is 13.5. The fraction of sp³-hybridized carbons (Fsp3) is 0.304. The van der Waals surface area contributed by atoms with Crippen LogP contribution in [0, 0.1) is 20.8 Å². The molecule has 3 aliphatic rings. The topological polar surface area (TPSA) is 352 Å². The summed E-state index contributed by atoms with van der Waals surface area (Å²) in [4.78, 5) is 116. The number of thiophene rings is 3. The van der Waals surface area contributed by atoms with Crippen molar-refractivity contribution in [2.45, 2.75) is 65.5 Å². The monoisotopic (exact) mass is 1740 g/mol. The summed E-state index contributed by atoms with van der Waals surface area (Å²) >= 11 is 20.2.